The molecule has 2 nitrogen and oxygen atoms in total. The zero-order valence-corrected chi connectivity index (χ0v) is 17.1. The molecule has 0 bridgehead atoms. The summed E-state index contributed by atoms with van der Waals surface area (Å²) in [6, 6.07) is 25.0. The van der Waals surface area contributed by atoms with Crippen molar-refractivity contribution in [1.29, 1.82) is 0 Å². The summed E-state index contributed by atoms with van der Waals surface area (Å²) in [6.07, 6.45) is 0. The summed E-state index contributed by atoms with van der Waals surface area (Å²) in [5.74, 6) is 0.866. The van der Waals surface area contributed by atoms with E-state index >= 15 is 0 Å². The Morgan fingerprint density at radius 2 is 1.70 bits per heavy atom. The van der Waals surface area contributed by atoms with Crippen molar-refractivity contribution < 1.29 is 0 Å². The highest BCUT2D eigenvalue weighted by Crippen LogP contribution is 2.34. The summed E-state index contributed by atoms with van der Waals surface area (Å²) in [6.45, 7) is 2.12. The first kappa shape index (κ1) is 18.2. The van der Waals surface area contributed by atoms with Gasteiger partial charge >= 0.3 is 0 Å². The number of rotatable bonds is 5. The predicted molar refractivity (Wildman–Crippen MR) is 117 cm³/mol. The third-order valence-corrected chi connectivity index (χ3v) is 6.67. The molecule has 0 radical (unpaired) electrons. The van der Waals surface area contributed by atoms with E-state index < -0.39 is 0 Å². The molecule has 134 valence electrons. The van der Waals surface area contributed by atoms with Crippen molar-refractivity contribution in [3.05, 3.63) is 88.9 Å². The van der Waals surface area contributed by atoms with Gasteiger partial charge in [0.1, 0.15) is 5.01 Å². The molecule has 0 spiro atoms. The maximum Gasteiger partial charge on any atom is 0.174 e. The minimum absolute atomic E-state index is 0.705. The lowest BCUT2D eigenvalue weighted by molar-refractivity contribution is 1.01. The molecule has 0 unspecified atom stereocenters. The summed E-state index contributed by atoms with van der Waals surface area (Å²) < 4.78 is 0.952. The highest BCUT2D eigenvalue weighted by Gasteiger charge is 2.10. The van der Waals surface area contributed by atoms with E-state index in [4.69, 9.17) is 11.6 Å². The van der Waals surface area contributed by atoms with E-state index in [-0.39, 0.29) is 0 Å². The van der Waals surface area contributed by atoms with E-state index in [1.54, 1.807) is 23.1 Å². The van der Waals surface area contributed by atoms with E-state index in [1.807, 2.05) is 24.3 Å². The molecule has 4 rings (SSSR count). The summed E-state index contributed by atoms with van der Waals surface area (Å²) >= 11 is 9.53. The van der Waals surface area contributed by atoms with E-state index in [9.17, 15) is 0 Å². The Balaban J connectivity index is 1.43. The topological polar surface area (TPSA) is 25.8 Å². The van der Waals surface area contributed by atoms with E-state index in [2.05, 4.69) is 65.7 Å². The molecule has 0 N–H and O–H groups in total. The number of thioether (sulfide) groups is 1. The summed E-state index contributed by atoms with van der Waals surface area (Å²) in [4.78, 5) is 0. The first-order chi connectivity index (χ1) is 13.2. The standard InChI is InChI=1S/C22H17ClN2S2/c1-15-5-4-6-18(13-15)17-11-9-16(10-12-17)14-26-22-25-24-21(27-22)19-7-2-3-8-20(19)23/h2-13H,14H2,1H3. The molecule has 0 saturated carbocycles. The first-order valence-electron chi connectivity index (χ1n) is 8.56. The number of halogens is 1. The van der Waals surface area contributed by atoms with Gasteiger partial charge in [-0.2, -0.15) is 0 Å². The molecule has 3 aromatic carbocycles. The van der Waals surface area contributed by atoms with Crippen LogP contribution in [0.25, 0.3) is 21.7 Å². The van der Waals surface area contributed by atoms with Crippen LogP contribution < -0.4 is 0 Å². The minimum Gasteiger partial charge on any atom is -0.137 e. The van der Waals surface area contributed by atoms with Gasteiger partial charge in [0.2, 0.25) is 0 Å². The molecule has 27 heavy (non-hydrogen) atoms. The van der Waals surface area contributed by atoms with Crippen LogP contribution in [-0.2, 0) is 5.75 Å². The van der Waals surface area contributed by atoms with Crippen LogP contribution in [0.2, 0.25) is 5.02 Å². The Morgan fingerprint density at radius 3 is 2.48 bits per heavy atom. The quantitative estimate of drug-likeness (QED) is 0.328. The summed E-state index contributed by atoms with van der Waals surface area (Å²) in [5, 5.41) is 10.1. The lowest BCUT2D eigenvalue weighted by Crippen LogP contribution is -1.83. The number of aryl methyl sites for hydroxylation is 1. The first-order valence-corrected chi connectivity index (χ1v) is 10.7. The second-order valence-electron chi connectivity index (χ2n) is 6.21. The number of nitrogens with zero attached hydrogens (tertiary/aromatic N) is 2. The SMILES string of the molecule is Cc1cccc(-c2ccc(CSc3nnc(-c4ccccc4Cl)s3)cc2)c1. The van der Waals surface area contributed by atoms with Crippen molar-refractivity contribution in [2.45, 2.75) is 17.0 Å². The van der Waals surface area contributed by atoms with Gasteiger partial charge in [-0.3, -0.25) is 0 Å². The zero-order chi connectivity index (χ0) is 18.6. The molecule has 0 atom stereocenters. The minimum atomic E-state index is 0.705. The maximum absolute atomic E-state index is 6.25. The Morgan fingerprint density at radius 1 is 0.889 bits per heavy atom. The Labute approximate surface area is 172 Å². The fraction of sp³-hybridized carbons (Fsp3) is 0.0909. The van der Waals surface area contributed by atoms with E-state index in [0.29, 0.717) is 5.02 Å². The number of benzene rings is 3. The van der Waals surface area contributed by atoms with Crippen LogP contribution in [-0.4, -0.2) is 10.2 Å². The molecule has 1 aromatic heterocycles. The molecule has 4 aromatic rings. The van der Waals surface area contributed by atoms with Crippen molar-refractivity contribution in [2.24, 2.45) is 0 Å². The lowest BCUT2D eigenvalue weighted by atomic mass is 10.0. The molecule has 0 fully saturated rings. The Bertz CT molecular complexity index is 1060. The summed E-state index contributed by atoms with van der Waals surface area (Å²) in [5.41, 5.74) is 5.97. The molecule has 1 heterocycles. The van der Waals surface area contributed by atoms with Crippen molar-refractivity contribution >= 4 is 34.7 Å². The van der Waals surface area contributed by atoms with Crippen LogP contribution in [0.3, 0.4) is 0 Å². The third-order valence-electron chi connectivity index (χ3n) is 4.18. The molecular weight excluding hydrogens is 392 g/mol. The molecule has 0 aliphatic heterocycles. The second-order valence-corrected chi connectivity index (χ2v) is 8.82. The van der Waals surface area contributed by atoms with Crippen molar-refractivity contribution in [3.63, 3.8) is 0 Å². The maximum atomic E-state index is 6.25. The van der Waals surface area contributed by atoms with Gasteiger partial charge < -0.3 is 0 Å². The van der Waals surface area contributed by atoms with Gasteiger partial charge in [-0.1, -0.05) is 107 Å². The van der Waals surface area contributed by atoms with Gasteiger partial charge in [0.25, 0.3) is 0 Å². The number of aromatic nitrogens is 2. The van der Waals surface area contributed by atoms with E-state index in [0.717, 1.165) is 20.7 Å². The van der Waals surface area contributed by atoms with Crippen LogP contribution in [0.5, 0.6) is 0 Å². The Hall–Kier alpha value is -2.14. The fourth-order valence-electron chi connectivity index (χ4n) is 2.77. The van der Waals surface area contributed by atoms with Crippen molar-refractivity contribution in [1.82, 2.24) is 10.2 Å². The zero-order valence-electron chi connectivity index (χ0n) is 14.7. The van der Waals surface area contributed by atoms with E-state index in [1.165, 1.54) is 22.3 Å². The predicted octanol–water partition coefficient (Wildman–Crippen LogP) is 7.13. The van der Waals surface area contributed by atoms with Crippen LogP contribution in [0.1, 0.15) is 11.1 Å². The molecule has 0 aliphatic rings. The fourth-order valence-corrected chi connectivity index (χ4v) is 4.90. The number of hydrogen-bond acceptors (Lipinski definition) is 4. The van der Waals surface area contributed by atoms with Crippen molar-refractivity contribution in [2.75, 3.05) is 0 Å². The lowest BCUT2D eigenvalue weighted by Gasteiger charge is -2.05. The van der Waals surface area contributed by atoms with Gasteiger partial charge in [0.05, 0.1) is 5.02 Å². The average Bonchev–Trinajstić information content (AvgIpc) is 3.16. The normalized spacial score (nSPS) is 10.9. The van der Waals surface area contributed by atoms with Crippen LogP contribution in [0.4, 0.5) is 0 Å². The molecular formula is C22H17ClN2S2. The average molecular weight is 409 g/mol. The highest BCUT2D eigenvalue weighted by molar-refractivity contribution is 8.00. The van der Waals surface area contributed by atoms with Gasteiger partial charge in [-0.05, 0) is 29.7 Å². The monoisotopic (exact) mass is 408 g/mol. The van der Waals surface area contributed by atoms with Gasteiger partial charge in [-0.25, -0.2) is 0 Å². The Kier molecular flexibility index (Phi) is 5.58. The van der Waals surface area contributed by atoms with Gasteiger partial charge in [-0.15, -0.1) is 10.2 Å². The van der Waals surface area contributed by atoms with Crippen molar-refractivity contribution in [3.8, 4) is 21.7 Å². The number of hydrogen-bond donors (Lipinski definition) is 0. The third kappa shape index (κ3) is 4.41. The van der Waals surface area contributed by atoms with Gasteiger partial charge in [0.15, 0.2) is 4.34 Å². The smallest absolute Gasteiger partial charge is 0.137 e. The summed E-state index contributed by atoms with van der Waals surface area (Å²) in [7, 11) is 0. The second kappa shape index (κ2) is 8.26. The van der Waals surface area contributed by atoms with Crippen LogP contribution in [0, 0.1) is 6.92 Å². The molecule has 0 aliphatic carbocycles. The largest absolute Gasteiger partial charge is 0.174 e. The van der Waals surface area contributed by atoms with Crippen LogP contribution >= 0.6 is 34.7 Å². The van der Waals surface area contributed by atoms with Crippen LogP contribution in [0.15, 0.2) is 77.1 Å². The highest BCUT2D eigenvalue weighted by atomic mass is 35.5. The molecule has 0 amide bonds. The molecule has 0 saturated heterocycles. The van der Waals surface area contributed by atoms with Gasteiger partial charge in [0, 0.05) is 11.3 Å². The molecule has 5 heteroatoms.